The number of piperazine rings is 1. The van der Waals surface area contributed by atoms with Crippen molar-refractivity contribution in [1.29, 1.82) is 0 Å². The number of urea groups is 1. The van der Waals surface area contributed by atoms with Gasteiger partial charge in [-0.25, -0.2) is 4.79 Å². The van der Waals surface area contributed by atoms with E-state index in [9.17, 15) is 9.59 Å². The van der Waals surface area contributed by atoms with E-state index in [1.54, 1.807) is 0 Å². The Kier molecular flexibility index (Phi) is 8.02. The average Bonchev–Trinajstić information content (AvgIpc) is 2.45. The summed E-state index contributed by atoms with van der Waals surface area (Å²) in [5.41, 5.74) is 0. The number of carbonyl (C=O) groups is 2. The number of hydrogen-bond donors (Lipinski definition) is 3. The molecule has 1 rings (SSSR count). The highest BCUT2D eigenvalue weighted by atomic mass is 16.4. The number of hydrogen-bond acceptors (Lipinski definition) is 3. The predicted octanol–water partition coefficient (Wildman–Crippen LogP) is 1.27. The first-order chi connectivity index (χ1) is 9.63. The van der Waals surface area contributed by atoms with Crippen molar-refractivity contribution >= 4 is 12.0 Å². The second-order valence-electron chi connectivity index (χ2n) is 5.34. The molecule has 2 amide bonds. The van der Waals surface area contributed by atoms with Gasteiger partial charge in [-0.3, -0.25) is 4.79 Å². The molecule has 0 aromatic heterocycles. The van der Waals surface area contributed by atoms with E-state index < -0.39 is 5.97 Å². The average molecular weight is 285 g/mol. The van der Waals surface area contributed by atoms with Crippen molar-refractivity contribution in [2.45, 2.75) is 39.0 Å². The van der Waals surface area contributed by atoms with Gasteiger partial charge >= 0.3 is 12.0 Å². The minimum atomic E-state index is -0.740. The third-order valence-corrected chi connectivity index (χ3v) is 3.70. The lowest BCUT2D eigenvalue weighted by Gasteiger charge is -2.27. The van der Waals surface area contributed by atoms with Crippen molar-refractivity contribution < 1.29 is 14.7 Å². The van der Waals surface area contributed by atoms with Crippen molar-refractivity contribution in [1.82, 2.24) is 15.5 Å². The van der Waals surface area contributed by atoms with Gasteiger partial charge in [-0.05, 0) is 18.8 Å². The van der Waals surface area contributed by atoms with Crippen molar-refractivity contribution in [2.24, 2.45) is 5.92 Å². The Morgan fingerprint density at radius 3 is 2.55 bits per heavy atom. The van der Waals surface area contributed by atoms with Gasteiger partial charge in [-0.15, -0.1) is 0 Å². The molecule has 6 heteroatoms. The molecule has 1 aliphatic rings. The van der Waals surface area contributed by atoms with Crippen LogP contribution in [-0.4, -0.2) is 54.7 Å². The first-order valence-corrected chi connectivity index (χ1v) is 7.58. The second kappa shape index (κ2) is 9.58. The molecule has 0 spiro atoms. The van der Waals surface area contributed by atoms with Crippen LogP contribution in [0.3, 0.4) is 0 Å². The lowest BCUT2D eigenvalue weighted by Crippen LogP contribution is -2.50. The van der Waals surface area contributed by atoms with E-state index in [0.717, 1.165) is 45.4 Å². The van der Waals surface area contributed by atoms with Crippen LogP contribution in [0.2, 0.25) is 0 Å². The van der Waals surface area contributed by atoms with Crippen LogP contribution in [-0.2, 0) is 4.79 Å². The zero-order valence-electron chi connectivity index (χ0n) is 12.4. The maximum Gasteiger partial charge on any atom is 0.317 e. The second-order valence-corrected chi connectivity index (χ2v) is 5.34. The lowest BCUT2D eigenvalue weighted by molar-refractivity contribution is -0.137. The first kappa shape index (κ1) is 16.8. The summed E-state index contributed by atoms with van der Waals surface area (Å²) in [5.74, 6) is -0.352. The van der Waals surface area contributed by atoms with Crippen LogP contribution in [0.1, 0.15) is 39.0 Å². The number of carboxylic acid groups (broad SMARTS) is 1. The molecule has 0 bridgehead atoms. The molecule has 1 aliphatic heterocycles. The highest BCUT2D eigenvalue weighted by molar-refractivity contribution is 5.74. The van der Waals surface area contributed by atoms with Gasteiger partial charge in [-0.1, -0.05) is 19.8 Å². The Balaban J connectivity index is 2.21. The lowest BCUT2D eigenvalue weighted by atomic mass is 9.94. The predicted molar refractivity (Wildman–Crippen MR) is 77.7 cm³/mol. The van der Waals surface area contributed by atoms with E-state index in [1.165, 1.54) is 0 Å². The first-order valence-electron chi connectivity index (χ1n) is 7.58. The molecule has 3 N–H and O–H groups in total. The molecule has 1 atom stereocenters. The third-order valence-electron chi connectivity index (χ3n) is 3.70. The van der Waals surface area contributed by atoms with Crippen LogP contribution in [0, 0.1) is 5.92 Å². The smallest absolute Gasteiger partial charge is 0.317 e. The van der Waals surface area contributed by atoms with Gasteiger partial charge in [0.1, 0.15) is 0 Å². The topological polar surface area (TPSA) is 81.7 Å². The quantitative estimate of drug-likeness (QED) is 0.627. The Morgan fingerprint density at radius 1 is 1.25 bits per heavy atom. The Bertz CT molecular complexity index is 304. The fraction of sp³-hybridized carbons (Fsp3) is 0.857. The highest BCUT2D eigenvalue weighted by Crippen LogP contribution is 2.17. The summed E-state index contributed by atoms with van der Waals surface area (Å²) in [6.45, 7) is 5.95. The van der Waals surface area contributed by atoms with Crippen LogP contribution in [0.4, 0.5) is 4.79 Å². The molecular weight excluding hydrogens is 258 g/mol. The molecule has 0 aliphatic carbocycles. The summed E-state index contributed by atoms with van der Waals surface area (Å²) in [5, 5.41) is 14.9. The molecule has 116 valence electrons. The van der Waals surface area contributed by atoms with Crippen LogP contribution >= 0.6 is 0 Å². The summed E-state index contributed by atoms with van der Waals surface area (Å²) in [4.78, 5) is 24.3. The van der Waals surface area contributed by atoms with Crippen LogP contribution in [0.15, 0.2) is 0 Å². The fourth-order valence-electron chi connectivity index (χ4n) is 2.53. The zero-order valence-corrected chi connectivity index (χ0v) is 12.4. The van der Waals surface area contributed by atoms with Gasteiger partial charge in [0, 0.05) is 39.1 Å². The van der Waals surface area contributed by atoms with Crippen LogP contribution < -0.4 is 10.6 Å². The number of aliphatic carboxylic acids is 1. The number of nitrogens with zero attached hydrogens (tertiary/aromatic N) is 1. The summed E-state index contributed by atoms with van der Waals surface area (Å²) >= 11 is 0. The van der Waals surface area contributed by atoms with Crippen molar-refractivity contribution in [3.63, 3.8) is 0 Å². The molecule has 20 heavy (non-hydrogen) atoms. The molecule has 1 saturated heterocycles. The Labute approximate surface area is 120 Å². The molecule has 6 nitrogen and oxygen atoms in total. The Morgan fingerprint density at radius 2 is 1.95 bits per heavy atom. The fourth-order valence-corrected chi connectivity index (χ4v) is 2.53. The SMILES string of the molecule is CCCC(CCNC(=O)N1CCNCC1)CCC(=O)O. The zero-order chi connectivity index (χ0) is 14.8. The summed E-state index contributed by atoms with van der Waals surface area (Å²) in [6, 6.07) is -0.0000157. The summed E-state index contributed by atoms with van der Waals surface area (Å²) in [6.07, 6.45) is 3.86. The molecular formula is C14H27N3O3. The largest absolute Gasteiger partial charge is 0.481 e. The normalized spacial score (nSPS) is 16.8. The van der Waals surface area contributed by atoms with Gasteiger partial charge < -0.3 is 20.6 Å². The van der Waals surface area contributed by atoms with Crippen molar-refractivity contribution in [3.05, 3.63) is 0 Å². The monoisotopic (exact) mass is 285 g/mol. The molecule has 1 fully saturated rings. The number of carbonyl (C=O) groups excluding carboxylic acids is 1. The number of rotatable bonds is 8. The minimum absolute atomic E-state index is 0.0000157. The highest BCUT2D eigenvalue weighted by Gasteiger charge is 2.16. The number of carboxylic acids is 1. The van der Waals surface area contributed by atoms with E-state index in [1.807, 2.05) is 4.90 Å². The molecule has 0 aromatic rings. The summed E-state index contributed by atoms with van der Waals surface area (Å²) in [7, 11) is 0. The molecule has 1 unspecified atom stereocenters. The van der Waals surface area contributed by atoms with Gasteiger partial charge in [0.25, 0.3) is 0 Å². The molecule has 1 heterocycles. The molecule has 0 radical (unpaired) electrons. The number of amides is 2. The van der Waals surface area contributed by atoms with E-state index >= 15 is 0 Å². The maximum atomic E-state index is 11.9. The number of nitrogens with one attached hydrogen (secondary N) is 2. The third kappa shape index (κ3) is 6.75. The van der Waals surface area contributed by atoms with Crippen LogP contribution in [0.5, 0.6) is 0 Å². The minimum Gasteiger partial charge on any atom is -0.481 e. The van der Waals surface area contributed by atoms with Gasteiger partial charge in [0.2, 0.25) is 0 Å². The van der Waals surface area contributed by atoms with E-state index in [-0.39, 0.29) is 12.5 Å². The van der Waals surface area contributed by atoms with Crippen LogP contribution in [0.25, 0.3) is 0 Å². The van der Waals surface area contributed by atoms with Crippen molar-refractivity contribution in [3.8, 4) is 0 Å². The Hall–Kier alpha value is -1.30. The van der Waals surface area contributed by atoms with Gasteiger partial charge in [0.05, 0.1) is 0 Å². The van der Waals surface area contributed by atoms with E-state index in [4.69, 9.17) is 5.11 Å². The standard InChI is InChI=1S/C14H27N3O3/c1-2-3-12(4-5-13(18)19)6-7-16-14(20)17-10-8-15-9-11-17/h12,15H,2-11H2,1H3,(H,16,20)(H,18,19). The molecule has 0 saturated carbocycles. The van der Waals surface area contributed by atoms with E-state index in [0.29, 0.717) is 18.9 Å². The van der Waals surface area contributed by atoms with Gasteiger partial charge in [-0.2, -0.15) is 0 Å². The molecule has 0 aromatic carbocycles. The summed E-state index contributed by atoms with van der Waals surface area (Å²) < 4.78 is 0. The van der Waals surface area contributed by atoms with Crippen molar-refractivity contribution in [2.75, 3.05) is 32.7 Å². The maximum absolute atomic E-state index is 11.9. The van der Waals surface area contributed by atoms with E-state index in [2.05, 4.69) is 17.6 Å². The van der Waals surface area contributed by atoms with Gasteiger partial charge in [0.15, 0.2) is 0 Å².